The SMILES string of the molecule is Nc1ccc(F)c(C(=O)NCc2ccc(Cl)cc2)c1F. The molecule has 0 aliphatic heterocycles. The molecule has 2 rings (SSSR count). The summed E-state index contributed by atoms with van der Waals surface area (Å²) in [5, 5.41) is 2.99. The number of amides is 1. The van der Waals surface area contributed by atoms with E-state index in [-0.39, 0.29) is 12.2 Å². The summed E-state index contributed by atoms with van der Waals surface area (Å²) in [7, 11) is 0. The Morgan fingerprint density at radius 2 is 1.80 bits per heavy atom. The van der Waals surface area contributed by atoms with Crippen LogP contribution in [-0.2, 0) is 6.54 Å². The van der Waals surface area contributed by atoms with E-state index in [0.29, 0.717) is 5.02 Å². The van der Waals surface area contributed by atoms with Crippen molar-refractivity contribution in [1.82, 2.24) is 5.32 Å². The second kappa shape index (κ2) is 5.88. The summed E-state index contributed by atoms with van der Waals surface area (Å²) < 4.78 is 27.1. The molecular formula is C14H11ClF2N2O. The van der Waals surface area contributed by atoms with E-state index in [1.807, 2.05) is 0 Å². The molecule has 1 amide bonds. The fraction of sp³-hybridized carbons (Fsp3) is 0.0714. The Morgan fingerprint density at radius 1 is 1.15 bits per heavy atom. The second-order valence-corrected chi connectivity index (χ2v) is 4.57. The Labute approximate surface area is 119 Å². The zero-order valence-corrected chi connectivity index (χ0v) is 11.0. The number of nitrogen functional groups attached to an aromatic ring is 1. The second-order valence-electron chi connectivity index (χ2n) is 4.13. The van der Waals surface area contributed by atoms with Crippen LogP contribution in [0.25, 0.3) is 0 Å². The van der Waals surface area contributed by atoms with E-state index >= 15 is 0 Å². The highest BCUT2D eigenvalue weighted by Crippen LogP contribution is 2.18. The van der Waals surface area contributed by atoms with Gasteiger partial charge in [-0.3, -0.25) is 4.79 Å². The normalized spacial score (nSPS) is 10.3. The number of benzene rings is 2. The van der Waals surface area contributed by atoms with Crippen molar-refractivity contribution in [2.45, 2.75) is 6.54 Å². The van der Waals surface area contributed by atoms with E-state index in [1.165, 1.54) is 0 Å². The van der Waals surface area contributed by atoms with Crippen LogP contribution in [0.5, 0.6) is 0 Å². The fourth-order valence-electron chi connectivity index (χ4n) is 1.65. The van der Waals surface area contributed by atoms with Crippen LogP contribution in [0.15, 0.2) is 36.4 Å². The zero-order valence-electron chi connectivity index (χ0n) is 10.3. The van der Waals surface area contributed by atoms with Gasteiger partial charge in [0.1, 0.15) is 11.4 Å². The maximum atomic E-state index is 13.6. The maximum absolute atomic E-state index is 13.6. The van der Waals surface area contributed by atoms with Gasteiger partial charge in [-0.25, -0.2) is 8.78 Å². The van der Waals surface area contributed by atoms with E-state index in [0.717, 1.165) is 17.7 Å². The van der Waals surface area contributed by atoms with Crippen molar-refractivity contribution < 1.29 is 13.6 Å². The first-order valence-corrected chi connectivity index (χ1v) is 6.13. The van der Waals surface area contributed by atoms with Gasteiger partial charge in [0.2, 0.25) is 0 Å². The van der Waals surface area contributed by atoms with Gasteiger partial charge in [0.05, 0.1) is 5.69 Å². The molecule has 0 aliphatic carbocycles. The van der Waals surface area contributed by atoms with Crippen molar-refractivity contribution in [1.29, 1.82) is 0 Å². The average Bonchev–Trinajstić information content (AvgIpc) is 2.43. The van der Waals surface area contributed by atoms with E-state index < -0.39 is 23.1 Å². The van der Waals surface area contributed by atoms with Gasteiger partial charge in [-0.2, -0.15) is 0 Å². The van der Waals surface area contributed by atoms with Gasteiger partial charge < -0.3 is 11.1 Å². The number of rotatable bonds is 3. The Kier molecular flexibility index (Phi) is 4.20. The predicted octanol–water partition coefficient (Wildman–Crippen LogP) is 3.13. The summed E-state index contributed by atoms with van der Waals surface area (Å²) in [4.78, 5) is 11.8. The molecule has 3 nitrogen and oxygen atoms in total. The Bertz CT molecular complexity index is 644. The lowest BCUT2D eigenvalue weighted by atomic mass is 10.1. The van der Waals surface area contributed by atoms with Gasteiger partial charge in [-0.05, 0) is 29.8 Å². The van der Waals surface area contributed by atoms with E-state index in [2.05, 4.69) is 5.32 Å². The highest BCUT2D eigenvalue weighted by Gasteiger charge is 2.19. The smallest absolute Gasteiger partial charge is 0.257 e. The topological polar surface area (TPSA) is 55.1 Å². The summed E-state index contributed by atoms with van der Waals surface area (Å²) in [5.41, 5.74) is 5.12. The molecule has 20 heavy (non-hydrogen) atoms. The summed E-state index contributed by atoms with van der Waals surface area (Å²) in [6.45, 7) is 0.129. The molecule has 0 heterocycles. The molecule has 0 bridgehead atoms. The highest BCUT2D eigenvalue weighted by atomic mass is 35.5. The molecule has 0 aliphatic rings. The zero-order chi connectivity index (χ0) is 14.7. The first kappa shape index (κ1) is 14.3. The molecule has 0 saturated carbocycles. The number of nitrogens with one attached hydrogen (secondary N) is 1. The number of nitrogens with two attached hydrogens (primary N) is 1. The average molecular weight is 297 g/mol. The van der Waals surface area contributed by atoms with Gasteiger partial charge >= 0.3 is 0 Å². The lowest BCUT2D eigenvalue weighted by molar-refractivity contribution is 0.0942. The van der Waals surface area contributed by atoms with Crippen LogP contribution in [0.1, 0.15) is 15.9 Å². The standard InChI is InChI=1S/C14H11ClF2N2O/c15-9-3-1-8(2-4-9)7-19-14(20)12-10(16)5-6-11(18)13(12)17/h1-6H,7,18H2,(H,19,20). The van der Waals surface area contributed by atoms with Crippen molar-refractivity contribution in [3.05, 3.63) is 64.2 Å². The Hall–Kier alpha value is -2.14. The summed E-state index contributed by atoms with van der Waals surface area (Å²) in [6.07, 6.45) is 0. The lowest BCUT2D eigenvalue weighted by Gasteiger charge is -2.08. The molecule has 0 unspecified atom stereocenters. The van der Waals surface area contributed by atoms with E-state index in [4.69, 9.17) is 17.3 Å². The number of hydrogen-bond donors (Lipinski definition) is 2. The van der Waals surface area contributed by atoms with Crippen molar-refractivity contribution in [3.8, 4) is 0 Å². The van der Waals surface area contributed by atoms with Crippen molar-refractivity contribution in [3.63, 3.8) is 0 Å². The largest absolute Gasteiger partial charge is 0.396 e. The first-order chi connectivity index (χ1) is 9.49. The van der Waals surface area contributed by atoms with Crippen LogP contribution >= 0.6 is 11.6 Å². The molecule has 2 aromatic carbocycles. The van der Waals surface area contributed by atoms with Gasteiger partial charge in [-0.15, -0.1) is 0 Å². The van der Waals surface area contributed by atoms with E-state index in [9.17, 15) is 13.6 Å². The van der Waals surface area contributed by atoms with Gasteiger partial charge in [0, 0.05) is 11.6 Å². The van der Waals surface area contributed by atoms with Gasteiger partial charge in [-0.1, -0.05) is 23.7 Å². The van der Waals surface area contributed by atoms with Crippen molar-refractivity contribution >= 4 is 23.2 Å². The summed E-state index contributed by atoms with van der Waals surface area (Å²) >= 11 is 5.73. The van der Waals surface area contributed by atoms with Crippen molar-refractivity contribution in [2.75, 3.05) is 5.73 Å². The van der Waals surface area contributed by atoms with Crippen LogP contribution in [0.4, 0.5) is 14.5 Å². The lowest BCUT2D eigenvalue weighted by Crippen LogP contribution is -2.25. The third-order valence-electron chi connectivity index (χ3n) is 2.71. The summed E-state index contributed by atoms with van der Waals surface area (Å²) in [5.74, 6) is -2.87. The Balaban J connectivity index is 2.13. The number of hydrogen-bond acceptors (Lipinski definition) is 2. The summed E-state index contributed by atoms with van der Waals surface area (Å²) in [6, 6.07) is 8.75. The maximum Gasteiger partial charge on any atom is 0.257 e. The highest BCUT2D eigenvalue weighted by molar-refractivity contribution is 6.30. The molecule has 0 saturated heterocycles. The Morgan fingerprint density at radius 3 is 2.45 bits per heavy atom. The molecule has 0 spiro atoms. The van der Waals surface area contributed by atoms with Crippen LogP contribution in [0.2, 0.25) is 5.02 Å². The molecule has 0 radical (unpaired) electrons. The van der Waals surface area contributed by atoms with Crippen LogP contribution < -0.4 is 11.1 Å². The van der Waals surface area contributed by atoms with Crippen LogP contribution in [0, 0.1) is 11.6 Å². The minimum atomic E-state index is -1.06. The van der Waals surface area contributed by atoms with Crippen molar-refractivity contribution in [2.24, 2.45) is 0 Å². The monoisotopic (exact) mass is 296 g/mol. The van der Waals surface area contributed by atoms with Gasteiger partial charge in [0.25, 0.3) is 5.91 Å². The number of carbonyl (C=O) groups is 1. The molecule has 6 heteroatoms. The predicted molar refractivity (Wildman–Crippen MR) is 73.4 cm³/mol. The molecule has 0 fully saturated rings. The molecule has 0 aromatic heterocycles. The third kappa shape index (κ3) is 3.05. The number of halogens is 3. The minimum absolute atomic E-state index is 0.129. The number of anilines is 1. The quantitative estimate of drug-likeness (QED) is 0.855. The fourth-order valence-corrected chi connectivity index (χ4v) is 1.78. The number of carbonyl (C=O) groups excluding carboxylic acids is 1. The molecular weight excluding hydrogens is 286 g/mol. The molecule has 0 atom stereocenters. The third-order valence-corrected chi connectivity index (χ3v) is 2.97. The molecule has 104 valence electrons. The van der Waals surface area contributed by atoms with Crippen LogP contribution in [-0.4, -0.2) is 5.91 Å². The molecule has 2 aromatic rings. The minimum Gasteiger partial charge on any atom is -0.396 e. The van der Waals surface area contributed by atoms with E-state index in [1.54, 1.807) is 24.3 Å². The van der Waals surface area contributed by atoms with Crippen LogP contribution in [0.3, 0.4) is 0 Å². The van der Waals surface area contributed by atoms with Gasteiger partial charge in [0.15, 0.2) is 5.82 Å². The molecule has 3 N–H and O–H groups in total. The first-order valence-electron chi connectivity index (χ1n) is 5.75.